The van der Waals surface area contributed by atoms with Crippen LogP contribution in [0.5, 0.6) is 0 Å². The fourth-order valence-electron chi connectivity index (χ4n) is 3.71. The molecular formula is C14H19F3N4OS. The first-order valence-corrected chi connectivity index (χ1v) is 8.71. The van der Waals surface area contributed by atoms with Gasteiger partial charge in [-0.2, -0.15) is 13.2 Å². The lowest BCUT2D eigenvalue weighted by atomic mass is 9.69. The van der Waals surface area contributed by atoms with Gasteiger partial charge >= 0.3 is 12.2 Å². The molecule has 0 radical (unpaired) electrons. The topological polar surface area (TPSA) is 66.9 Å². The second-order valence-electron chi connectivity index (χ2n) is 6.32. The third kappa shape index (κ3) is 4.13. The SMILES string of the molecule is O=C(Nc1nnc(C(F)(F)F)s1)NC1CCC2CCCCC2C1. The number of carbonyl (C=O) groups is 1. The Balaban J connectivity index is 1.50. The summed E-state index contributed by atoms with van der Waals surface area (Å²) in [5.41, 5.74) is 0. The molecule has 2 aliphatic rings. The number of hydrogen-bond donors (Lipinski definition) is 2. The molecule has 9 heteroatoms. The number of anilines is 1. The molecule has 2 N–H and O–H groups in total. The molecule has 3 unspecified atom stereocenters. The molecule has 3 atom stereocenters. The first-order chi connectivity index (χ1) is 10.9. The maximum absolute atomic E-state index is 12.4. The maximum atomic E-state index is 12.4. The number of halogens is 3. The zero-order valence-electron chi connectivity index (χ0n) is 12.5. The van der Waals surface area contributed by atoms with E-state index in [0.717, 1.165) is 25.2 Å². The van der Waals surface area contributed by atoms with Crippen LogP contribution < -0.4 is 10.6 Å². The van der Waals surface area contributed by atoms with Crippen molar-refractivity contribution < 1.29 is 18.0 Å². The number of rotatable bonds is 2. The van der Waals surface area contributed by atoms with Crippen LogP contribution in [0.15, 0.2) is 0 Å². The predicted molar refractivity (Wildman–Crippen MR) is 80.2 cm³/mol. The highest BCUT2D eigenvalue weighted by atomic mass is 32.1. The van der Waals surface area contributed by atoms with Crippen LogP contribution in [0.1, 0.15) is 50.0 Å². The number of carbonyl (C=O) groups excluding carboxylic acids is 1. The summed E-state index contributed by atoms with van der Waals surface area (Å²) >= 11 is 0.329. The summed E-state index contributed by atoms with van der Waals surface area (Å²) < 4.78 is 37.3. The molecule has 1 aromatic heterocycles. The zero-order chi connectivity index (χ0) is 16.4. The normalized spacial score (nSPS) is 28.0. The second kappa shape index (κ2) is 6.62. The Labute approximate surface area is 136 Å². The van der Waals surface area contributed by atoms with Gasteiger partial charge in [-0.1, -0.05) is 37.0 Å². The molecule has 2 fully saturated rings. The Hall–Kier alpha value is -1.38. The van der Waals surface area contributed by atoms with E-state index in [0.29, 0.717) is 17.3 Å². The largest absolute Gasteiger partial charge is 0.445 e. The van der Waals surface area contributed by atoms with Crippen molar-refractivity contribution in [3.8, 4) is 0 Å². The predicted octanol–water partition coefficient (Wildman–Crippen LogP) is 4.04. The Kier molecular flexibility index (Phi) is 4.74. The number of hydrogen-bond acceptors (Lipinski definition) is 4. The molecule has 3 rings (SSSR count). The van der Waals surface area contributed by atoms with Gasteiger partial charge in [-0.25, -0.2) is 4.79 Å². The van der Waals surface area contributed by atoms with Crippen LogP contribution in [0.2, 0.25) is 0 Å². The minimum Gasteiger partial charge on any atom is -0.335 e. The van der Waals surface area contributed by atoms with Gasteiger partial charge in [-0.05, 0) is 31.1 Å². The molecule has 0 bridgehead atoms. The van der Waals surface area contributed by atoms with E-state index in [1.807, 2.05) is 0 Å². The summed E-state index contributed by atoms with van der Waals surface area (Å²) in [7, 11) is 0. The number of nitrogens with zero attached hydrogens (tertiary/aromatic N) is 2. The molecule has 2 amide bonds. The summed E-state index contributed by atoms with van der Waals surface area (Å²) in [6.45, 7) is 0. The summed E-state index contributed by atoms with van der Waals surface area (Å²) in [5, 5.41) is 10.4. The Morgan fingerprint density at radius 3 is 2.52 bits per heavy atom. The van der Waals surface area contributed by atoms with E-state index < -0.39 is 17.2 Å². The van der Waals surface area contributed by atoms with E-state index in [1.165, 1.54) is 25.7 Å². The van der Waals surface area contributed by atoms with Crippen LogP contribution in [-0.4, -0.2) is 22.3 Å². The molecule has 1 aromatic rings. The number of alkyl halides is 3. The monoisotopic (exact) mass is 348 g/mol. The van der Waals surface area contributed by atoms with E-state index in [9.17, 15) is 18.0 Å². The number of aromatic nitrogens is 2. The highest BCUT2D eigenvalue weighted by Crippen LogP contribution is 2.40. The van der Waals surface area contributed by atoms with Gasteiger partial charge in [0.1, 0.15) is 0 Å². The lowest BCUT2D eigenvalue weighted by molar-refractivity contribution is -0.138. The molecule has 128 valence electrons. The van der Waals surface area contributed by atoms with Crippen LogP contribution in [0.3, 0.4) is 0 Å². The van der Waals surface area contributed by atoms with Crippen molar-refractivity contribution in [3.05, 3.63) is 5.01 Å². The van der Waals surface area contributed by atoms with Crippen LogP contribution >= 0.6 is 11.3 Å². The van der Waals surface area contributed by atoms with Crippen LogP contribution in [0.25, 0.3) is 0 Å². The molecule has 0 spiro atoms. The third-order valence-electron chi connectivity index (χ3n) is 4.76. The van der Waals surface area contributed by atoms with Crippen LogP contribution in [0.4, 0.5) is 23.1 Å². The fourth-order valence-corrected chi connectivity index (χ4v) is 4.32. The Morgan fingerprint density at radius 2 is 1.83 bits per heavy atom. The van der Waals surface area contributed by atoms with Gasteiger partial charge in [0.15, 0.2) is 0 Å². The summed E-state index contributed by atoms with van der Waals surface area (Å²) in [5.74, 6) is 1.45. The van der Waals surface area contributed by atoms with Crippen molar-refractivity contribution in [1.29, 1.82) is 0 Å². The van der Waals surface area contributed by atoms with Crippen molar-refractivity contribution in [2.75, 3.05) is 5.32 Å². The maximum Gasteiger partial charge on any atom is 0.445 e. The standard InChI is InChI=1S/C14H19F3N4OS/c15-14(16,17)11-20-21-13(23-11)19-12(22)18-10-6-5-8-3-1-2-4-9(8)7-10/h8-10H,1-7H2,(H2,18,19,21,22). The van der Waals surface area contributed by atoms with Crippen molar-refractivity contribution in [2.45, 2.75) is 57.2 Å². The summed E-state index contributed by atoms with van der Waals surface area (Å²) in [6.07, 6.45) is 3.54. The molecule has 0 aliphatic heterocycles. The molecule has 23 heavy (non-hydrogen) atoms. The average molecular weight is 348 g/mol. The first kappa shape index (κ1) is 16.5. The quantitative estimate of drug-likeness (QED) is 0.848. The first-order valence-electron chi connectivity index (χ1n) is 7.90. The van der Waals surface area contributed by atoms with Crippen molar-refractivity contribution in [2.24, 2.45) is 11.8 Å². The Morgan fingerprint density at radius 1 is 1.09 bits per heavy atom. The number of amides is 2. The van der Waals surface area contributed by atoms with Gasteiger partial charge in [0, 0.05) is 6.04 Å². The summed E-state index contributed by atoms with van der Waals surface area (Å²) in [6, 6.07) is -0.418. The van der Waals surface area contributed by atoms with E-state index >= 15 is 0 Å². The molecular weight excluding hydrogens is 329 g/mol. The molecule has 2 saturated carbocycles. The molecule has 5 nitrogen and oxygen atoms in total. The molecule has 1 heterocycles. The molecule has 2 aliphatic carbocycles. The molecule has 0 aromatic carbocycles. The smallest absolute Gasteiger partial charge is 0.335 e. The van der Waals surface area contributed by atoms with Gasteiger partial charge in [-0.15, -0.1) is 10.2 Å². The van der Waals surface area contributed by atoms with Crippen LogP contribution in [0, 0.1) is 11.8 Å². The minimum atomic E-state index is -4.53. The number of fused-ring (bicyclic) bond motifs is 1. The van der Waals surface area contributed by atoms with Gasteiger partial charge in [-0.3, -0.25) is 5.32 Å². The van der Waals surface area contributed by atoms with E-state index in [4.69, 9.17) is 0 Å². The van der Waals surface area contributed by atoms with Gasteiger partial charge in [0.05, 0.1) is 0 Å². The number of urea groups is 1. The average Bonchev–Trinajstić information content (AvgIpc) is 2.95. The summed E-state index contributed by atoms with van der Waals surface area (Å²) in [4.78, 5) is 11.9. The van der Waals surface area contributed by atoms with Crippen molar-refractivity contribution in [3.63, 3.8) is 0 Å². The van der Waals surface area contributed by atoms with E-state index in [2.05, 4.69) is 20.8 Å². The number of nitrogens with one attached hydrogen (secondary N) is 2. The van der Waals surface area contributed by atoms with Gasteiger partial charge in [0.2, 0.25) is 10.1 Å². The highest BCUT2D eigenvalue weighted by molar-refractivity contribution is 7.15. The van der Waals surface area contributed by atoms with Gasteiger partial charge < -0.3 is 5.32 Å². The van der Waals surface area contributed by atoms with E-state index in [1.54, 1.807) is 0 Å². The fraction of sp³-hybridized carbons (Fsp3) is 0.786. The van der Waals surface area contributed by atoms with E-state index in [-0.39, 0.29) is 11.2 Å². The third-order valence-corrected chi connectivity index (χ3v) is 5.65. The second-order valence-corrected chi connectivity index (χ2v) is 7.30. The van der Waals surface area contributed by atoms with Crippen molar-refractivity contribution >= 4 is 22.5 Å². The zero-order valence-corrected chi connectivity index (χ0v) is 13.3. The minimum absolute atomic E-state index is 0.0874. The lowest BCUT2D eigenvalue weighted by Gasteiger charge is -2.39. The van der Waals surface area contributed by atoms with Crippen LogP contribution in [-0.2, 0) is 6.18 Å². The lowest BCUT2D eigenvalue weighted by Crippen LogP contribution is -2.43. The highest BCUT2D eigenvalue weighted by Gasteiger charge is 2.36. The molecule has 0 saturated heterocycles. The van der Waals surface area contributed by atoms with Crippen molar-refractivity contribution in [1.82, 2.24) is 15.5 Å². The van der Waals surface area contributed by atoms with Gasteiger partial charge in [0.25, 0.3) is 0 Å². The Bertz CT molecular complexity index is 562.